The van der Waals surface area contributed by atoms with Crippen LogP contribution in [-0.2, 0) is 11.3 Å². The summed E-state index contributed by atoms with van der Waals surface area (Å²) in [6.45, 7) is 14.6. The van der Waals surface area contributed by atoms with Crippen molar-refractivity contribution in [3.8, 4) is 0 Å². The molecule has 28 heavy (non-hydrogen) atoms. The quantitative estimate of drug-likeness (QED) is 0.378. The van der Waals surface area contributed by atoms with Gasteiger partial charge in [0, 0.05) is 6.42 Å². The van der Waals surface area contributed by atoms with E-state index in [1.807, 2.05) is 12.1 Å². The molecule has 0 aliphatic rings. The van der Waals surface area contributed by atoms with Gasteiger partial charge in [-0.25, -0.2) is 0 Å². The molecule has 0 aliphatic heterocycles. The van der Waals surface area contributed by atoms with Crippen molar-refractivity contribution in [1.29, 1.82) is 0 Å². The lowest BCUT2D eigenvalue weighted by atomic mass is 9.89. The highest BCUT2D eigenvalue weighted by atomic mass is 16.5. The van der Waals surface area contributed by atoms with E-state index in [-0.39, 0.29) is 6.61 Å². The maximum atomic E-state index is 9.94. The highest BCUT2D eigenvalue weighted by Gasteiger charge is 2.14. The first-order valence-electron chi connectivity index (χ1n) is 10.2. The van der Waals surface area contributed by atoms with Gasteiger partial charge in [0.05, 0.1) is 18.8 Å². The van der Waals surface area contributed by atoms with Crippen LogP contribution >= 0.6 is 0 Å². The molecule has 0 atom stereocenters. The van der Waals surface area contributed by atoms with E-state index in [2.05, 4.69) is 52.8 Å². The summed E-state index contributed by atoms with van der Waals surface area (Å²) in [5.74, 6) is 0.846. The summed E-state index contributed by atoms with van der Waals surface area (Å²) in [6.07, 6.45) is 6.79. The molecule has 3 nitrogen and oxygen atoms in total. The molecule has 0 radical (unpaired) electrons. The first-order valence-corrected chi connectivity index (χ1v) is 10.2. The fraction of sp³-hybridized carbons (Fsp3) is 0.520. The summed E-state index contributed by atoms with van der Waals surface area (Å²) in [6, 6.07) is 6.07. The lowest BCUT2D eigenvalue weighted by molar-refractivity contribution is 0.0451. The molecule has 156 valence electrons. The molecule has 0 amide bonds. The number of hydrogen-bond donors (Lipinski definition) is 2. The Morgan fingerprint density at radius 2 is 1.86 bits per heavy atom. The van der Waals surface area contributed by atoms with Crippen LogP contribution in [0.15, 0.2) is 47.3 Å². The molecule has 0 spiro atoms. The molecule has 0 aromatic heterocycles. The summed E-state index contributed by atoms with van der Waals surface area (Å²) in [4.78, 5) is 0. The van der Waals surface area contributed by atoms with Crippen molar-refractivity contribution in [2.24, 2.45) is 0 Å². The second kappa shape index (κ2) is 11.2. The van der Waals surface area contributed by atoms with Gasteiger partial charge in [0.1, 0.15) is 5.76 Å². The first-order chi connectivity index (χ1) is 13.1. The molecule has 0 unspecified atom stereocenters. The lowest BCUT2D eigenvalue weighted by Gasteiger charge is -2.19. The third-order valence-electron chi connectivity index (χ3n) is 4.76. The number of hydrogen-bond acceptors (Lipinski definition) is 3. The molecule has 1 rings (SSSR count). The van der Waals surface area contributed by atoms with E-state index in [4.69, 9.17) is 4.74 Å². The zero-order valence-corrected chi connectivity index (χ0v) is 18.7. The molecule has 0 fully saturated rings. The van der Waals surface area contributed by atoms with Gasteiger partial charge in [0.2, 0.25) is 0 Å². The monoisotopic (exact) mass is 386 g/mol. The van der Waals surface area contributed by atoms with Crippen LogP contribution in [-0.4, -0.2) is 22.4 Å². The van der Waals surface area contributed by atoms with E-state index in [1.54, 1.807) is 13.8 Å². The van der Waals surface area contributed by atoms with E-state index in [0.717, 1.165) is 40.9 Å². The highest BCUT2D eigenvalue weighted by molar-refractivity contribution is 5.82. The third-order valence-corrected chi connectivity index (χ3v) is 4.76. The molecule has 1 aromatic rings. The number of allylic oxidation sites excluding steroid dienone is 5. The third kappa shape index (κ3) is 7.65. The van der Waals surface area contributed by atoms with Crippen LogP contribution in [0.25, 0.3) is 5.57 Å². The fourth-order valence-corrected chi connectivity index (χ4v) is 3.15. The van der Waals surface area contributed by atoms with Crippen molar-refractivity contribution >= 4 is 5.57 Å². The van der Waals surface area contributed by atoms with Crippen LogP contribution in [0.3, 0.4) is 0 Å². The number of unbranched alkanes of at least 4 members (excludes halogenated alkanes) is 1. The predicted molar refractivity (Wildman–Crippen MR) is 119 cm³/mol. The van der Waals surface area contributed by atoms with Crippen molar-refractivity contribution in [2.45, 2.75) is 79.9 Å². The van der Waals surface area contributed by atoms with Crippen LogP contribution in [0.1, 0.15) is 77.5 Å². The normalized spacial score (nSPS) is 12.9. The van der Waals surface area contributed by atoms with Gasteiger partial charge in [-0.15, -0.1) is 0 Å². The van der Waals surface area contributed by atoms with Gasteiger partial charge < -0.3 is 14.9 Å². The van der Waals surface area contributed by atoms with Crippen LogP contribution in [0, 0.1) is 6.92 Å². The number of aliphatic hydroxyl groups is 2. The zero-order chi connectivity index (χ0) is 21.3. The second-order valence-electron chi connectivity index (χ2n) is 8.26. The summed E-state index contributed by atoms with van der Waals surface area (Å²) in [7, 11) is 0. The Hall–Kier alpha value is -1.84. The molecule has 0 bridgehead atoms. The van der Waals surface area contributed by atoms with E-state index < -0.39 is 5.60 Å². The topological polar surface area (TPSA) is 49.7 Å². The molecular formula is C25H38O3. The number of rotatable bonds is 10. The van der Waals surface area contributed by atoms with Crippen LogP contribution < -0.4 is 0 Å². The standard InChI is InChI=1S/C25H38O3/c1-8-9-12-22(28-15-14-25(6,7)27)16-19(4)24(18(2)3)23-13-10-11-21(17-26)20(23)5/h10-13,16,26-27H,8-9,14-15,17H2,1-7H3/b19-16-,22-12-. The summed E-state index contributed by atoms with van der Waals surface area (Å²) in [5.41, 5.74) is 6.00. The minimum Gasteiger partial charge on any atom is -0.494 e. The van der Waals surface area contributed by atoms with Crippen molar-refractivity contribution < 1.29 is 14.9 Å². The molecule has 0 saturated carbocycles. The van der Waals surface area contributed by atoms with Crippen LogP contribution in [0.4, 0.5) is 0 Å². The molecule has 1 aromatic carbocycles. The van der Waals surface area contributed by atoms with Crippen molar-refractivity contribution in [2.75, 3.05) is 6.61 Å². The van der Waals surface area contributed by atoms with Gasteiger partial charge in [-0.2, -0.15) is 0 Å². The van der Waals surface area contributed by atoms with Crippen molar-refractivity contribution in [3.05, 3.63) is 63.9 Å². The highest BCUT2D eigenvalue weighted by Crippen LogP contribution is 2.31. The zero-order valence-electron chi connectivity index (χ0n) is 18.7. The van der Waals surface area contributed by atoms with Crippen molar-refractivity contribution in [1.82, 2.24) is 0 Å². The molecule has 0 heterocycles. The fourth-order valence-electron chi connectivity index (χ4n) is 3.15. The number of benzene rings is 1. The minimum atomic E-state index is -0.735. The van der Waals surface area contributed by atoms with Crippen LogP contribution in [0.5, 0.6) is 0 Å². The van der Waals surface area contributed by atoms with Gasteiger partial charge in [-0.3, -0.25) is 0 Å². The summed E-state index contributed by atoms with van der Waals surface area (Å²) < 4.78 is 5.99. The Balaban J connectivity index is 3.24. The summed E-state index contributed by atoms with van der Waals surface area (Å²) >= 11 is 0. The van der Waals surface area contributed by atoms with Gasteiger partial charge in [-0.05, 0) is 88.0 Å². The number of aliphatic hydroxyl groups excluding tert-OH is 1. The van der Waals surface area contributed by atoms with Gasteiger partial charge >= 0.3 is 0 Å². The molecule has 2 N–H and O–H groups in total. The van der Waals surface area contributed by atoms with E-state index in [0.29, 0.717) is 13.0 Å². The average Bonchev–Trinajstić information content (AvgIpc) is 2.59. The smallest absolute Gasteiger partial charge is 0.115 e. The lowest BCUT2D eigenvalue weighted by Crippen LogP contribution is -2.20. The van der Waals surface area contributed by atoms with E-state index in [1.165, 1.54) is 11.1 Å². The second-order valence-corrected chi connectivity index (χ2v) is 8.26. The largest absolute Gasteiger partial charge is 0.494 e. The van der Waals surface area contributed by atoms with Gasteiger partial charge in [0.15, 0.2) is 0 Å². The van der Waals surface area contributed by atoms with Gasteiger partial charge in [0.25, 0.3) is 0 Å². The van der Waals surface area contributed by atoms with Gasteiger partial charge in [-0.1, -0.05) is 37.1 Å². The first kappa shape index (κ1) is 24.2. The Labute approximate surface area is 171 Å². The van der Waals surface area contributed by atoms with Crippen molar-refractivity contribution in [3.63, 3.8) is 0 Å². The average molecular weight is 387 g/mol. The molecule has 3 heteroatoms. The van der Waals surface area contributed by atoms with E-state index >= 15 is 0 Å². The Morgan fingerprint density at radius 1 is 1.18 bits per heavy atom. The Morgan fingerprint density at radius 3 is 2.39 bits per heavy atom. The predicted octanol–water partition coefficient (Wildman–Crippen LogP) is 6.09. The Bertz CT molecular complexity index is 727. The molecule has 0 saturated heterocycles. The summed E-state index contributed by atoms with van der Waals surface area (Å²) in [5, 5.41) is 19.6. The van der Waals surface area contributed by atoms with Crippen LogP contribution in [0.2, 0.25) is 0 Å². The molecular weight excluding hydrogens is 348 g/mol. The minimum absolute atomic E-state index is 0.0419. The SMILES string of the molecule is CCC/C=C(/C=C(/C)C(=C(C)C)c1cccc(CO)c1C)OCCC(C)(C)O. The maximum Gasteiger partial charge on any atom is 0.115 e. The Kier molecular flexibility index (Phi) is 9.71. The van der Waals surface area contributed by atoms with E-state index in [9.17, 15) is 10.2 Å². The molecule has 0 aliphatic carbocycles. The number of ether oxygens (including phenoxy) is 1. The maximum absolute atomic E-state index is 9.94.